The van der Waals surface area contributed by atoms with Crippen LogP contribution in [0.3, 0.4) is 0 Å². The van der Waals surface area contributed by atoms with Crippen molar-refractivity contribution >= 4 is 11.8 Å². The molecule has 2 rings (SSSR count). The quantitative estimate of drug-likeness (QED) is 0.525. The lowest BCUT2D eigenvalue weighted by atomic mass is 10.1. The zero-order valence-electron chi connectivity index (χ0n) is 18.4. The average Bonchev–Trinajstić information content (AvgIpc) is 2.76. The van der Waals surface area contributed by atoms with Gasteiger partial charge in [-0.05, 0) is 44.4 Å². The van der Waals surface area contributed by atoms with E-state index in [0.717, 1.165) is 24.2 Å². The van der Waals surface area contributed by atoms with Crippen molar-refractivity contribution in [2.45, 2.75) is 59.0 Å². The molecule has 0 aromatic heterocycles. The molecule has 0 unspecified atom stereocenters. The molecule has 0 spiro atoms. The molecule has 0 saturated heterocycles. The molecular weight excluding hydrogens is 376 g/mol. The highest BCUT2D eigenvalue weighted by Crippen LogP contribution is 2.14. The van der Waals surface area contributed by atoms with Gasteiger partial charge >= 0.3 is 0 Å². The largest absolute Gasteiger partial charge is 0.494 e. The molecule has 5 nitrogen and oxygen atoms in total. The van der Waals surface area contributed by atoms with Crippen LogP contribution >= 0.6 is 0 Å². The maximum absolute atomic E-state index is 13.0. The van der Waals surface area contributed by atoms with Crippen LogP contribution in [0.15, 0.2) is 54.6 Å². The van der Waals surface area contributed by atoms with Gasteiger partial charge in [-0.2, -0.15) is 0 Å². The van der Waals surface area contributed by atoms with Gasteiger partial charge in [0.2, 0.25) is 11.8 Å². The van der Waals surface area contributed by atoms with Crippen molar-refractivity contribution in [3.8, 4) is 5.75 Å². The monoisotopic (exact) mass is 410 g/mol. The molecule has 0 bridgehead atoms. The number of rotatable bonds is 12. The Balaban J connectivity index is 1.96. The van der Waals surface area contributed by atoms with E-state index in [1.807, 2.05) is 61.5 Å². The third-order valence-corrected chi connectivity index (χ3v) is 5.02. The molecule has 1 N–H and O–H groups in total. The lowest BCUT2D eigenvalue weighted by Gasteiger charge is -2.29. The molecule has 2 aromatic rings. The van der Waals surface area contributed by atoms with E-state index in [9.17, 15) is 9.59 Å². The summed E-state index contributed by atoms with van der Waals surface area (Å²) in [5, 5.41) is 2.94. The fourth-order valence-electron chi connectivity index (χ4n) is 3.08. The van der Waals surface area contributed by atoms with E-state index in [0.29, 0.717) is 32.5 Å². The van der Waals surface area contributed by atoms with Crippen LogP contribution in [-0.4, -0.2) is 35.9 Å². The summed E-state index contributed by atoms with van der Waals surface area (Å²) in [6, 6.07) is 17.1. The van der Waals surface area contributed by atoms with Gasteiger partial charge in [0.1, 0.15) is 11.8 Å². The summed E-state index contributed by atoms with van der Waals surface area (Å²) in [6.07, 6.45) is 2.89. The van der Waals surface area contributed by atoms with Crippen LogP contribution in [0.25, 0.3) is 0 Å². The number of aryl methyl sites for hydroxylation is 1. The summed E-state index contributed by atoms with van der Waals surface area (Å²) in [4.78, 5) is 27.3. The van der Waals surface area contributed by atoms with Crippen molar-refractivity contribution in [3.63, 3.8) is 0 Å². The van der Waals surface area contributed by atoms with E-state index in [4.69, 9.17) is 4.74 Å². The Hall–Kier alpha value is -2.82. The maximum Gasteiger partial charge on any atom is 0.242 e. The van der Waals surface area contributed by atoms with Gasteiger partial charge in [-0.1, -0.05) is 61.4 Å². The molecule has 2 amide bonds. The van der Waals surface area contributed by atoms with Gasteiger partial charge in [-0.3, -0.25) is 9.59 Å². The molecule has 1 atom stereocenters. The van der Waals surface area contributed by atoms with Crippen molar-refractivity contribution in [1.82, 2.24) is 10.2 Å². The first kappa shape index (κ1) is 23.5. The van der Waals surface area contributed by atoms with Crippen molar-refractivity contribution in [2.24, 2.45) is 0 Å². The first-order valence-electron chi connectivity index (χ1n) is 10.8. The maximum atomic E-state index is 13.0. The Morgan fingerprint density at radius 1 is 1.03 bits per heavy atom. The van der Waals surface area contributed by atoms with Gasteiger partial charge in [0.25, 0.3) is 0 Å². The molecule has 0 fully saturated rings. The van der Waals surface area contributed by atoms with Crippen molar-refractivity contribution in [3.05, 3.63) is 65.7 Å². The Labute approximate surface area is 180 Å². The predicted molar refractivity (Wildman–Crippen MR) is 120 cm³/mol. The number of hydrogen-bond donors (Lipinski definition) is 1. The fraction of sp³-hybridized carbons (Fsp3) is 0.440. The number of nitrogens with one attached hydrogen (secondary N) is 1. The number of carbonyl (C=O) groups excluding carboxylic acids is 2. The van der Waals surface area contributed by atoms with Crippen LogP contribution < -0.4 is 10.1 Å². The molecule has 2 aromatic carbocycles. The number of amides is 2. The van der Waals surface area contributed by atoms with Crippen molar-refractivity contribution < 1.29 is 14.3 Å². The molecule has 0 aliphatic heterocycles. The van der Waals surface area contributed by atoms with Crippen LogP contribution in [0.2, 0.25) is 0 Å². The zero-order chi connectivity index (χ0) is 21.8. The van der Waals surface area contributed by atoms with Gasteiger partial charge in [-0.15, -0.1) is 0 Å². The Morgan fingerprint density at radius 2 is 1.73 bits per heavy atom. The summed E-state index contributed by atoms with van der Waals surface area (Å²) in [5.74, 6) is 0.653. The van der Waals surface area contributed by atoms with Crippen LogP contribution in [0, 0.1) is 6.92 Å². The first-order chi connectivity index (χ1) is 14.5. The molecule has 0 aliphatic rings. The first-order valence-corrected chi connectivity index (χ1v) is 10.8. The highest BCUT2D eigenvalue weighted by atomic mass is 16.5. The van der Waals surface area contributed by atoms with E-state index < -0.39 is 6.04 Å². The molecule has 162 valence electrons. The van der Waals surface area contributed by atoms with Crippen LogP contribution in [0.4, 0.5) is 0 Å². The fourth-order valence-corrected chi connectivity index (χ4v) is 3.08. The van der Waals surface area contributed by atoms with E-state index in [-0.39, 0.29) is 11.8 Å². The standard InChI is InChI=1S/C25H34N2O3/c1-4-5-17-26-25(29)21(3)27(19-22-15-13-20(2)14-16-22)24(28)12-9-18-30-23-10-7-6-8-11-23/h6-8,10-11,13-16,21H,4-5,9,12,17-19H2,1-3H3,(H,26,29)/t21-/m1/s1. The SMILES string of the molecule is CCCCNC(=O)[C@@H](C)N(Cc1ccc(C)cc1)C(=O)CCCOc1ccccc1. The minimum atomic E-state index is -0.522. The van der Waals surface area contributed by atoms with E-state index >= 15 is 0 Å². The summed E-state index contributed by atoms with van der Waals surface area (Å²) in [7, 11) is 0. The molecule has 30 heavy (non-hydrogen) atoms. The molecule has 0 saturated carbocycles. The third kappa shape index (κ3) is 7.90. The number of nitrogens with zero attached hydrogens (tertiary/aromatic N) is 1. The number of unbranched alkanes of at least 4 members (excludes halogenated alkanes) is 1. The van der Waals surface area contributed by atoms with E-state index in [1.165, 1.54) is 5.56 Å². The lowest BCUT2D eigenvalue weighted by molar-refractivity contribution is -0.140. The number of benzene rings is 2. The highest BCUT2D eigenvalue weighted by Gasteiger charge is 2.25. The second-order valence-corrected chi connectivity index (χ2v) is 7.59. The topological polar surface area (TPSA) is 58.6 Å². The lowest BCUT2D eigenvalue weighted by Crippen LogP contribution is -2.47. The van der Waals surface area contributed by atoms with Gasteiger partial charge in [0.15, 0.2) is 0 Å². The highest BCUT2D eigenvalue weighted by molar-refractivity contribution is 5.87. The number of ether oxygens (including phenoxy) is 1. The smallest absolute Gasteiger partial charge is 0.242 e. The van der Waals surface area contributed by atoms with Crippen molar-refractivity contribution in [2.75, 3.05) is 13.2 Å². The van der Waals surface area contributed by atoms with Gasteiger partial charge < -0.3 is 15.0 Å². The Morgan fingerprint density at radius 3 is 2.40 bits per heavy atom. The van der Waals surface area contributed by atoms with Gasteiger partial charge in [-0.25, -0.2) is 0 Å². The van der Waals surface area contributed by atoms with E-state index in [1.54, 1.807) is 11.8 Å². The summed E-state index contributed by atoms with van der Waals surface area (Å²) >= 11 is 0. The van der Waals surface area contributed by atoms with Gasteiger partial charge in [0.05, 0.1) is 6.61 Å². The normalized spacial score (nSPS) is 11.6. The summed E-state index contributed by atoms with van der Waals surface area (Å²) < 4.78 is 5.69. The second kappa shape index (κ2) is 12.7. The number of para-hydroxylation sites is 1. The molecular formula is C25H34N2O3. The molecule has 5 heteroatoms. The summed E-state index contributed by atoms with van der Waals surface area (Å²) in [5.41, 5.74) is 2.18. The van der Waals surface area contributed by atoms with Gasteiger partial charge in [0, 0.05) is 19.5 Å². The number of carbonyl (C=O) groups is 2. The van der Waals surface area contributed by atoms with Crippen LogP contribution in [0.1, 0.15) is 50.7 Å². The second-order valence-electron chi connectivity index (χ2n) is 7.59. The Kier molecular flexibility index (Phi) is 9.92. The van der Waals surface area contributed by atoms with Crippen LogP contribution in [-0.2, 0) is 16.1 Å². The number of hydrogen-bond acceptors (Lipinski definition) is 3. The Bertz CT molecular complexity index is 775. The van der Waals surface area contributed by atoms with Crippen LogP contribution in [0.5, 0.6) is 5.75 Å². The van der Waals surface area contributed by atoms with E-state index in [2.05, 4.69) is 12.2 Å². The molecule has 0 radical (unpaired) electrons. The summed E-state index contributed by atoms with van der Waals surface area (Å²) in [6.45, 7) is 7.43. The third-order valence-electron chi connectivity index (χ3n) is 5.02. The zero-order valence-corrected chi connectivity index (χ0v) is 18.4. The minimum absolute atomic E-state index is 0.0367. The average molecular weight is 411 g/mol. The minimum Gasteiger partial charge on any atom is -0.494 e. The molecule has 0 aliphatic carbocycles. The molecule has 0 heterocycles. The van der Waals surface area contributed by atoms with Crippen molar-refractivity contribution in [1.29, 1.82) is 0 Å². The predicted octanol–water partition coefficient (Wildman–Crippen LogP) is 4.49.